The first kappa shape index (κ1) is 13.7. The Kier molecular flexibility index (Phi) is 4.68. The minimum absolute atomic E-state index is 0.0289. The SMILES string of the molecule is Cc1noc(CNC(=O)CCc2ccc(Br)cc2)n1. The normalized spacial score (nSPS) is 10.4. The van der Waals surface area contributed by atoms with E-state index in [1.165, 1.54) is 0 Å². The van der Waals surface area contributed by atoms with Gasteiger partial charge in [0, 0.05) is 10.9 Å². The Hall–Kier alpha value is -1.69. The minimum Gasteiger partial charge on any atom is -0.347 e. The molecule has 0 spiro atoms. The molecule has 1 heterocycles. The predicted molar refractivity (Wildman–Crippen MR) is 73.3 cm³/mol. The molecule has 1 amide bonds. The van der Waals surface area contributed by atoms with Gasteiger partial charge in [-0.25, -0.2) is 0 Å². The van der Waals surface area contributed by atoms with E-state index in [2.05, 4.69) is 31.4 Å². The van der Waals surface area contributed by atoms with Crippen molar-refractivity contribution in [2.45, 2.75) is 26.3 Å². The van der Waals surface area contributed by atoms with Crippen molar-refractivity contribution in [3.63, 3.8) is 0 Å². The second kappa shape index (κ2) is 6.47. The number of carbonyl (C=O) groups excluding carboxylic acids is 1. The van der Waals surface area contributed by atoms with Crippen molar-refractivity contribution in [3.8, 4) is 0 Å². The van der Waals surface area contributed by atoms with Crippen molar-refractivity contribution < 1.29 is 9.32 Å². The number of rotatable bonds is 5. The lowest BCUT2D eigenvalue weighted by atomic mass is 10.1. The van der Waals surface area contributed by atoms with Gasteiger partial charge in [-0.1, -0.05) is 33.2 Å². The van der Waals surface area contributed by atoms with Crippen molar-refractivity contribution in [3.05, 3.63) is 46.0 Å². The van der Waals surface area contributed by atoms with Gasteiger partial charge >= 0.3 is 0 Å². The zero-order valence-electron chi connectivity index (χ0n) is 10.5. The van der Waals surface area contributed by atoms with Gasteiger partial charge in [0.15, 0.2) is 5.82 Å². The highest BCUT2D eigenvalue weighted by molar-refractivity contribution is 9.10. The van der Waals surface area contributed by atoms with Gasteiger partial charge < -0.3 is 9.84 Å². The molecule has 2 rings (SSSR count). The molecule has 0 aliphatic rings. The summed E-state index contributed by atoms with van der Waals surface area (Å²) < 4.78 is 5.94. The van der Waals surface area contributed by atoms with Crippen LogP contribution in [0.25, 0.3) is 0 Å². The van der Waals surface area contributed by atoms with Crippen LogP contribution in [0, 0.1) is 6.92 Å². The molecule has 6 heteroatoms. The van der Waals surface area contributed by atoms with E-state index in [4.69, 9.17) is 4.52 Å². The van der Waals surface area contributed by atoms with Crippen LogP contribution in [0.5, 0.6) is 0 Å². The molecule has 0 aliphatic carbocycles. The molecule has 1 N–H and O–H groups in total. The van der Waals surface area contributed by atoms with E-state index in [0.717, 1.165) is 10.0 Å². The molecule has 0 saturated heterocycles. The van der Waals surface area contributed by atoms with Gasteiger partial charge in [-0.05, 0) is 31.0 Å². The predicted octanol–water partition coefficient (Wildman–Crippen LogP) is 2.39. The van der Waals surface area contributed by atoms with Gasteiger partial charge in [0.2, 0.25) is 11.8 Å². The van der Waals surface area contributed by atoms with Crippen LogP contribution in [-0.2, 0) is 17.8 Å². The summed E-state index contributed by atoms with van der Waals surface area (Å²) in [6, 6.07) is 7.93. The van der Waals surface area contributed by atoms with Gasteiger partial charge in [0.1, 0.15) is 0 Å². The van der Waals surface area contributed by atoms with Crippen molar-refractivity contribution in [1.29, 1.82) is 0 Å². The van der Waals surface area contributed by atoms with Crippen LogP contribution < -0.4 is 5.32 Å². The second-order valence-electron chi connectivity index (χ2n) is 4.14. The zero-order valence-corrected chi connectivity index (χ0v) is 12.1. The van der Waals surface area contributed by atoms with Crippen LogP contribution in [0.1, 0.15) is 23.7 Å². The summed E-state index contributed by atoms with van der Waals surface area (Å²) in [4.78, 5) is 15.7. The molecule has 0 aliphatic heterocycles. The Morgan fingerprint density at radius 1 is 1.37 bits per heavy atom. The summed E-state index contributed by atoms with van der Waals surface area (Å²) in [7, 11) is 0. The van der Waals surface area contributed by atoms with Gasteiger partial charge in [-0.15, -0.1) is 0 Å². The average molecular weight is 324 g/mol. The van der Waals surface area contributed by atoms with Crippen LogP contribution in [0.3, 0.4) is 0 Å². The molecule has 1 aromatic heterocycles. The molecule has 0 unspecified atom stereocenters. The largest absolute Gasteiger partial charge is 0.347 e. The van der Waals surface area contributed by atoms with E-state index in [-0.39, 0.29) is 12.5 Å². The van der Waals surface area contributed by atoms with Crippen LogP contribution in [0.15, 0.2) is 33.3 Å². The molecule has 100 valence electrons. The number of amides is 1. The monoisotopic (exact) mass is 323 g/mol. The van der Waals surface area contributed by atoms with E-state index in [9.17, 15) is 4.79 Å². The van der Waals surface area contributed by atoms with Crippen molar-refractivity contribution in [1.82, 2.24) is 15.5 Å². The van der Waals surface area contributed by atoms with Crippen molar-refractivity contribution in [2.75, 3.05) is 0 Å². The molecule has 0 bridgehead atoms. The first-order valence-electron chi connectivity index (χ1n) is 5.94. The lowest BCUT2D eigenvalue weighted by Crippen LogP contribution is -2.23. The Labute approximate surface area is 119 Å². The Morgan fingerprint density at radius 2 is 2.11 bits per heavy atom. The van der Waals surface area contributed by atoms with Crippen LogP contribution >= 0.6 is 15.9 Å². The molecule has 0 radical (unpaired) electrons. The Morgan fingerprint density at radius 3 is 2.74 bits per heavy atom. The first-order chi connectivity index (χ1) is 9.13. The number of hydrogen-bond donors (Lipinski definition) is 1. The third-order valence-corrected chi connectivity index (χ3v) is 3.09. The van der Waals surface area contributed by atoms with Gasteiger partial charge in [0.25, 0.3) is 0 Å². The van der Waals surface area contributed by atoms with Gasteiger partial charge in [0.05, 0.1) is 6.54 Å². The summed E-state index contributed by atoms with van der Waals surface area (Å²) in [5, 5.41) is 6.40. The molecule has 5 nitrogen and oxygen atoms in total. The maximum atomic E-state index is 11.7. The van der Waals surface area contributed by atoms with E-state index < -0.39 is 0 Å². The third-order valence-electron chi connectivity index (χ3n) is 2.56. The van der Waals surface area contributed by atoms with Crippen LogP contribution in [0.2, 0.25) is 0 Å². The number of aryl methyl sites for hydroxylation is 2. The molecule has 2 aromatic rings. The maximum absolute atomic E-state index is 11.7. The van der Waals surface area contributed by atoms with Crippen LogP contribution in [-0.4, -0.2) is 16.0 Å². The summed E-state index contributed by atoms with van der Waals surface area (Å²) in [6.45, 7) is 2.02. The smallest absolute Gasteiger partial charge is 0.246 e. The number of carbonyl (C=O) groups is 1. The molecule has 19 heavy (non-hydrogen) atoms. The van der Waals surface area contributed by atoms with E-state index in [1.54, 1.807) is 6.92 Å². The molecular formula is C13H14BrN3O2. The quantitative estimate of drug-likeness (QED) is 0.917. The first-order valence-corrected chi connectivity index (χ1v) is 6.73. The number of nitrogens with one attached hydrogen (secondary N) is 1. The average Bonchev–Trinajstić information content (AvgIpc) is 2.81. The van der Waals surface area contributed by atoms with Crippen molar-refractivity contribution in [2.24, 2.45) is 0 Å². The number of nitrogens with zero attached hydrogens (tertiary/aromatic N) is 2. The molecule has 0 fully saturated rings. The number of halogens is 1. The summed E-state index contributed by atoms with van der Waals surface area (Å²) in [6.07, 6.45) is 1.15. The van der Waals surface area contributed by atoms with E-state index in [0.29, 0.717) is 24.6 Å². The Balaban J connectivity index is 1.74. The Bertz CT molecular complexity index is 551. The van der Waals surface area contributed by atoms with E-state index >= 15 is 0 Å². The molecule has 0 saturated carbocycles. The summed E-state index contributed by atoms with van der Waals surface area (Å²) in [5.41, 5.74) is 1.13. The maximum Gasteiger partial charge on any atom is 0.246 e. The molecular weight excluding hydrogens is 310 g/mol. The van der Waals surface area contributed by atoms with Crippen LogP contribution in [0.4, 0.5) is 0 Å². The van der Waals surface area contributed by atoms with Gasteiger partial charge in [-0.2, -0.15) is 4.98 Å². The van der Waals surface area contributed by atoms with E-state index in [1.807, 2.05) is 24.3 Å². The highest BCUT2D eigenvalue weighted by Crippen LogP contribution is 2.11. The summed E-state index contributed by atoms with van der Waals surface area (Å²) >= 11 is 3.38. The minimum atomic E-state index is -0.0289. The number of benzene rings is 1. The van der Waals surface area contributed by atoms with Crippen molar-refractivity contribution >= 4 is 21.8 Å². The van der Waals surface area contributed by atoms with Gasteiger partial charge in [-0.3, -0.25) is 4.79 Å². The zero-order chi connectivity index (χ0) is 13.7. The topological polar surface area (TPSA) is 68.0 Å². The highest BCUT2D eigenvalue weighted by atomic mass is 79.9. The lowest BCUT2D eigenvalue weighted by molar-refractivity contribution is -0.121. The second-order valence-corrected chi connectivity index (χ2v) is 5.05. The fourth-order valence-electron chi connectivity index (χ4n) is 1.58. The highest BCUT2D eigenvalue weighted by Gasteiger charge is 2.06. The summed E-state index contributed by atoms with van der Waals surface area (Å²) in [5.74, 6) is 0.965. The number of hydrogen-bond acceptors (Lipinski definition) is 4. The fourth-order valence-corrected chi connectivity index (χ4v) is 1.85. The molecule has 0 atom stereocenters. The third kappa shape index (κ3) is 4.48. The standard InChI is InChI=1S/C13H14BrN3O2/c1-9-16-13(19-17-9)8-15-12(18)7-4-10-2-5-11(14)6-3-10/h2-3,5-6H,4,7-8H2,1H3,(H,15,18). The number of aromatic nitrogens is 2. The fraction of sp³-hybridized carbons (Fsp3) is 0.308. The lowest BCUT2D eigenvalue weighted by Gasteiger charge is -2.03. The molecule has 1 aromatic carbocycles.